The molecule has 11 nitrogen and oxygen atoms in total. The van der Waals surface area contributed by atoms with Gasteiger partial charge in [0.1, 0.15) is 17.5 Å². The van der Waals surface area contributed by atoms with Gasteiger partial charge in [-0.1, -0.05) is 13.8 Å². The van der Waals surface area contributed by atoms with Gasteiger partial charge in [-0.3, -0.25) is 4.98 Å². The molecule has 0 unspecified atom stereocenters. The van der Waals surface area contributed by atoms with E-state index in [1.807, 2.05) is 26.0 Å². The van der Waals surface area contributed by atoms with Gasteiger partial charge in [0.25, 0.3) is 0 Å². The van der Waals surface area contributed by atoms with Gasteiger partial charge >= 0.3 is 0 Å². The third-order valence-electron chi connectivity index (χ3n) is 9.13. The molecule has 1 fully saturated rings. The Balaban J connectivity index is 1.39. The van der Waals surface area contributed by atoms with Crippen LogP contribution in [-0.2, 0) is 27.5 Å². The van der Waals surface area contributed by atoms with Crippen LogP contribution in [0.15, 0.2) is 39.8 Å². The Hall–Kier alpha value is -4.32. The molecule has 1 atom stereocenters. The zero-order valence-electron chi connectivity index (χ0n) is 26.8. The van der Waals surface area contributed by atoms with Crippen molar-refractivity contribution in [1.29, 1.82) is 5.26 Å². The molecular weight excluding hydrogens is 654 g/mol. The summed E-state index contributed by atoms with van der Waals surface area (Å²) in [4.78, 5) is 14.5. The zero-order chi connectivity index (χ0) is 33.6. The molecule has 7 rings (SSSR count). The predicted molar refractivity (Wildman–Crippen MR) is 179 cm³/mol. The number of ether oxygens (including phenoxy) is 1. The van der Waals surface area contributed by atoms with Gasteiger partial charge in [-0.25, -0.2) is 18.4 Å². The number of fused-ring (bicyclic) bond motifs is 2. The van der Waals surface area contributed by atoms with Crippen molar-refractivity contribution in [2.45, 2.75) is 63.8 Å². The maximum Gasteiger partial charge on any atom is 0.250 e. The van der Waals surface area contributed by atoms with E-state index in [1.165, 1.54) is 17.4 Å². The second-order valence-corrected chi connectivity index (χ2v) is 15.7. The fourth-order valence-electron chi connectivity index (χ4n) is 6.57. The van der Waals surface area contributed by atoms with Crippen LogP contribution >= 0.6 is 11.3 Å². The average Bonchev–Trinajstić information content (AvgIpc) is 3.78. The fourth-order valence-corrected chi connectivity index (χ4v) is 10.0. The normalized spacial score (nSPS) is 17.5. The molecule has 0 amide bonds. The number of anilines is 1. The third kappa shape index (κ3) is 6.06. The number of rotatable bonds is 9. The maximum absolute atomic E-state index is 14.2. The highest BCUT2D eigenvalue weighted by Crippen LogP contribution is 2.51. The number of hydrogen-bond donors (Lipinski definition) is 1. The smallest absolute Gasteiger partial charge is 0.250 e. The Labute approximate surface area is 281 Å². The molecule has 48 heavy (non-hydrogen) atoms. The van der Waals surface area contributed by atoms with Gasteiger partial charge in [-0.15, -0.1) is 21.5 Å². The lowest BCUT2D eigenvalue weighted by molar-refractivity contribution is 0.0639. The van der Waals surface area contributed by atoms with Gasteiger partial charge in [-0.2, -0.15) is 9.65 Å². The Morgan fingerprint density at radius 2 is 1.96 bits per heavy atom. The molecular formula is C34H34FN7O4S2. The molecule has 14 heteroatoms. The highest BCUT2D eigenvalue weighted by Gasteiger charge is 2.43. The summed E-state index contributed by atoms with van der Waals surface area (Å²) in [5.41, 5.74) is 2.73. The number of aryl methyl sites for hydroxylation is 2. The Morgan fingerprint density at radius 1 is 1.15 bits per heavy atom. The largest absolute Gasteiger partial charge is 0.421 e. The summed E-state index contributed by atoms with van der Waals surface area (Å²) >= 11 is 1.41. The molecule has 5 aromatic heterocycles. The first kappa shape index (κ1) is 32.2. The summed E-state index contributed by atoms with van der Waals surface area (Å²) in [6.07, 6.45) is 5.11. The summed E-state index contributed by atoms with van der Waals surface area (Å²) < 4.78 is 54.8. The molecule has 0 aromatic carbocycles. The van der Waals surface area contributed by atoms with Crippen molar-refractivity contribution in [2.24, 2.45) is 11.8 Å². The highest BCUT2D eigenvalue weighted by molar-refractivity contribution is 7.92. The lowest BCUT2D eigenvalue weighted by atomic mass is 9.89. The molecule has 2 aliphatic heterocycles. The Kier molecular flexibility index (Phi) is 8.69. The highest BCUT2D eigenvalue weighted by atomic mass is 32.2. The van der Waals surface area contributed by atoms with Gasteiger partial charge in [0.2, 0.25) is 17.7 Å². The molecule has 1 saturated heterocycles. The monoisotopic (exact) mass is 687 g/mol. The minimum Gasteiger partial charge on any atom is -0.421 e. The van der Waals surface area contributed by atoms with Crippen molar-refractivity contribution in [3.63, 3.8) is 0 Å². The van der Waals surface area contributed by atoms with E-state index in [0.29, 0.717) is 51.4 Å². The number of hydrogen-bond acceptors (Lipinski definition) is 12. The second kappa shape index (κ2) is 12.9. The minimum absolute atomic E-state index is 0.0148. The van der Waals surface area contributed by atoms with Crippen LogP contribution in [0.4, 0.5) is 10.2 Å². The van der Waals surface area contributed by atoms with E-state index in [2.05, 4.69) is 25.5 Å². The number of nitrogens with one attached hydrogen (secondary N) is 1. The van der Waals surface area contributed by atoms with Crippen LogP contribution in [0, 0.1) is 36.0 Å². The topological polar surface area (TPSA) is 157 Å². The molecule has 1 N–H and O–H groups in total. The van der Waals surface area contributed by atoms with Crippen LogP contribution in [0.5, 0.6) is 0 Å². The minimum atomic E-state index is -3.72. The summed E-state index contributed by atoms with van der Waals surface area (Å²) in [7, 11) is -3.72. The van der Waals surface area contributed by atoms with E-state index in [1.54, 1.807) is 25.3 Å². The van der Waals surface area contributed by atoms with Gasteiger partial charge in [-0.05, 0) is 67.2 Å². The first-order chi connectivity index (χ1) is 23.1. The number of nitrogens with zero attached hydrogens (tertiary/aromatic N) is 6. The maximum atomic E-state index is 14.2. The Morgan fingerprint density at radius 3 is 2.67 bits per heavy atom. The molecule has 0 bridgehead atoms. The van der Waals surface area contributed by atoms with Gasteiger partial charge < -0.3 is 14.5 Å². The summed E-state index contributed by atoms with van der Waals surface area (Å²) in [6.45, 7) is 7.41. The predicted octanol–water partition coefficient (Wildman–Crippen LogP) is 6.62. The SMILES string of the molecule is Cc1nnc(-c2c(CCC3CCOCC3)nc3c(c2-c2cc4ccnc(NCc5ccc(C#N)c(F)n5)c4s2)S(=O)(=O)C[C@H]3C(C)C)o1. The van der Waals surface area contributed by atoms with Crippen LogP contribution in [-0.4, -0.2) is 52.5 Å². The van der Waals surface area contributed by atoms with Crippen LogP contribution in [0.25, 0.3) is 32.0 Å². The van der Waals surface area contributed by atoms with E-state index in [9.17, 15) is 12.8 Å². The summed E-state index contributed by atoms with van der Waals surface area (Å²) in [5, 5.41) is 21.7. The van der Waals surface area contributed by atoms with E-state index in [4.69, 9.17) is 19.4 Å². The van der Waals surface area contributed by atoms with Crippen molar-refractivity contribution in [3.05, 3.63) is 64.9 Å². The average molecular weight is 688 g/mol. The Bertz CT molecular complexity index is 2170. The number of halogens is 1. The van der Waals surface area contributed by atoms with Crippen molar-refractivity contribution in [1.82, 2.24) is 25.1 Å². The van der Waals surface area contributed by atoms with Crippen LogP contribution < -0.4 is 5.32 Å². The molecule has 0 spiro atoms. The van der Waals surface area contributed by atoms with E-state index < -0.39 is 15.8 Å². The number of sulfone groups is 1. The van der Waals surface area contributed by atoms with E-state index in [-0.39, 0.29) is 40.5 Å². The molecule has 2 aliphatic rings. The van der Waals surface area contributed by atoms with Crippen molar-refractivity contribution in [2.75, 3.05) is 24.3 Å². The van der Waals surface area contributed by atoms with Crippen LogP contribution in [0.3, 0.4) is 0 Å². The first-order valence-electron chi connectivity index (χ1n) is 16.0. The van der Waals surface area contributed by atoms with Crippen molar-refractivity contribution >= 4 is 37.1 Å². The zero-order valence-corrected chi connectivity index (χ0v) is 28.4. The van der Waals surface area contributed by atoms with E-state index in [0.717, 1.165) is 48.3 Å². The van der Waals surface area contributed by atoms with Gasteiger partial charge in [0.05, 0.1) is 44.5 Å². The summed E-state index contributed by atoms with van der Waals surface area (Å²) in [5.74, 6) is 0.591. The van der Waals surface area contributed by atoms with E-state index >= 15 is 0 Å². The van der Waals surface area contributed by atoms with Crippen molar-refractivity contribution < 1.29 is 22.0 Å². The number of aromatic nitrogens is 5. The molecule has 248 valence electrons. The molecule has 0 radical (unpaired) electrons. The van der Waals surface area contributed by atoms with Crippen LogP contribution in [0.2, 0.25) is 0 Å². The van der Waals surface area contributed by atoms with Crippen molar-refractivity contribution in [3.8, 4) is 28.0 Å². The lowest BCUT2D eigenvalue weighted by Gasteiger charge is -2.23. The number of nitriles is 1. The van der Waals surface area contributed by atoms with Gasteiger partial charge in [0.15, 0.2) is 9.84 Å². The van der Waals surface area contributed by atoms with Gasteiger partial charge in [0, 0.05) is 42.7 Å². The number of pyridine rings is 3. The quantitative estimate of drug-likeness (QED) is 0.166. The lowest BCUT2D eigenvalue weighted by Crippen LogP contribution is -2.17. The molecule has 5 aromatic rings. The molecule has 7 heterocycles. The summed E-state index contributed by atoms with van der Waals surface area (Å²) in [6, 6.07) is 8.60. The number of thiophene rings is 1. The van der Waals surface area contributed by atoms with Crippen LogP contribution in [0.1, 0.15) is 67.6 Å². The molecule has 0 saturated carbocycles. The fraction of sp³-hybridized carbons (Fsp3) is 0.412. The molecule has 0 aliphatic carbocycles. The first-order valence-corrected chi connectivity index (χ1v) is 18.5. The standard InChI is InChI=1S/C34H34FN7O4S2/c1-18(2)24-17-48(43,44)31-28(27(34-42-41-19(3)46-34)25(40-29(24)31)7-4-20-9-12-45-13-10-20)26-14-21-8-11-37-33(30(21)47-26)38-16-23-6-5-22(15-36)32(35)39-23/h5-6,8,11,14,18,20,24H,4,7,9-10,12-13,16-17H2,1-3H3,(H,37,38)/t24-/m0/s1. The third-order valence-corrected chi connectivity index (χ3v) is 12.1. The second-order valence-electron chi connectivity index (χ2n) is 12.7.